The fourth-order valence-electron chi connectivity index (χ4n) is 2.50. The summed E-state index contributed by atoms with van der Waals surface area (Å²) in [6, 6.07) is 13.7. The highest BCUT2D eigenvalue weighted by Gasteiger charge is 2.21. The van der Waals surface area contributed by atoms with E-state index in [1.54, 1.807) is 0 Å². The van der Waals surface area contributed by atoms with Crippen molar-refractivity contribution in [1.82, 2.24) is 4.72 Å². The predicted octanol–water partition coefficient (Wildman–Crippen LogP) is 1.49. The van der Waals surface area contributed by atoms with Gasteiger partial charge < -0.3 is 10.6 Å². The Bertz CT molecular complexity index is 911. The molecule has 1 heterocycles. The van der Waals surface area contributed by atoms with Crippen molar-refractivity contribution in [2.45, 2.75) is 17.7 Å². The van der Waals surface area contributed by atoms with Crippen LogP contribution in [0, 0.1) is 0 Å². The SMILES string of the molecule is O=C1CC(=O)Nc2cc(S(=O)(=O)NCCc3ccccc3)ccc2N1. The lowest BCUT2D eigenvalue weighted by atomic mass is 10.2. The minimum Gasteiger partial charge on any atom is -0.324 e. The first-order chi connectivity index (χ1) is 11.9. The van der Waals surface area contributed by atoms with Gasteiger partial charge in [0.2, 0.25) is 21.8 Å². The van der Waals surface area contributed by atoms with Crippen LogP contribution in [0.4, 0.5) is 11.4 Å². The highest BCUT2D eigenvalue weighted by atomic mass is 32.2. The molecule has 0 saturated carbocycles. The molecule has 0 unspecified atom stereocenters. The van der Waals surface area contributed by atoms with Crippen molar-refractivity contribution in [3.05, 3.63) is 54.1 Å². The summed E-state index contributed by atoms with van der Waals surface area (Å²) in [5.41, 5.74) is 1.67. The van der Waals surface area contributed by atoms with Crippen molar-refractivity contribution < 1.29 is 18.0 Å². The number of sulfonamides is 1. The largest absolute Gasteiger partial charge is 0.324 e. The molecule has 0 spiro atoms. The van der Waals surface area contributed by atoms with E-state index in [2.05, 4.69) is 15.4 Å². The molecule has 8 heteroatoms. The number of carbonyl (C=O) groups is 2. The highest BCUT2D eigenvalue weighted by molar-refractivity contribution is 7.89. The molecule has 0 bridgehead atoms. The first kappa shape index (κ1) is 17.1. The summed E-state index contributed by atoms with van der Waals surface area (Å²) < 4.78 is 27.4. The maximum atomic E-state index is 12.4. The normalized spacial score (nSPS) is 14.2. The lowest BCUT2D eigenvalue weighted by Crippen LogP contribution is -2.26. The molecule has 130 valence electrons. The van der Waals surface area contributed by atoms with Crippen molar-refractivity contribution >= 4 is 33.2 Å². The van der Waals surface area contributed by atoms with E-state index in [-0.39, 0.29) is 23.5 Å². The van der Waals surface area contributed by atoms with E-state index in [1.807, 2.05) is 30.3 Å². The molecule has 1 aliphatic rings. The van der Waals surface area contributed by atoms with Gasteiger partial charge in [0, 0.05) is 6.54 Å². The van der Waals surface area contributed by atoms with Crippen molar-refractivity contribution in [2.75, 3.05) is 17.2 Å². The number of nitrogens with one attached hydrogen (secondary N) is 3. The van der Waals surface area contributed by atoms with Gasteiger partial charge in [-0.15, -0.1) is 0 Å². The molecule has 1 aliphatic heterocycles. The van der Waals surface area contributed by atoms with Crippen LogP contribution in [-0.4, -0.2) is 26.8 Å². The Morgan fingerprint density at radius 3 is 2.32 bits per heavy atom. The van der Waals surface area contributed by atoms with E-state index in [0.29, 0.717) is 12.1 Å². The van der Waals surface area contributed by atoms with E-state index >= 15 is 0 Å². The molecule has 0 saturated heterocycles. The van der Waals surface area contributed by atoms with Gasteiger partial charge in [0.05, 0.1) is 16.3 Å². The van der Waals surface area contributed by atoms with Gasteiger partial charge in [0.25, 0.3) is 0 Å². The number of anilines is 2. The maximum Gasteiger partial charge on any atom is 0.240 e. The summed E-state index contributed by atoms with van der Waals surface area (Å²) >= 11 is 0. The molecule has 0 fully saturated rings. The molecule has 25 heavy (non-hydrogen) atoms. The van der Waals surface area contributed by atoms with Crippen molar-refractivity contribution in [2.24, 2.45) is 0 Å². The summed E-state index contributed by atoms with van der Waals surface area (Å²) in [5, 5.41) is 5.09. The Morgan fingerprint density at radius 2 is 1.60 bits per heavy atom. The first-order valence-corrected chi connectivity index (χ1v) is 9.20. The molecule has 2 aromatic carbocycles. The standard InChI is InChI=1S/C17H17N3O4S/c21-16-11-17(22)20-15-10-13(6-7-14(15)19-16)25(23,24)18-9-8-12-4-2-1-3-5-12/h1-7,10,18H,8-9,11H2,(H,19,21)(H,20,22). The number of rotatable bonds is 5. The van der Waals surface area contributed by atoms with Gasteiger partial charge >= 0.3 is 0 Å². The van der Waals surface area contributed by atoms with Crippen LogP contribution in [0.5, 0.6) is 0 Å². The van der Waals surface area contributed by atoms with Crippen LogP contribution >= 0.6 is 0 Å². The van der Waals surface area contributed by atoms with Crippen LogP contribution in [0.15, 0.2) is 53.4 Å². The fraction of sp³-hybridized carbons (Fsp3) is 0.176. The second-order valence-corrected chi connectivity index (χ2v) is 7.38. The third-order valence-corrected chi connectivity index (χ3v) is 5.18. The zero-order valence-electron chi connectivity index (χ0n) is 13.3. The quantitative estimate of drug-likeness (QED) is 0.704. The van der Waals surface area contributed by atoms with Crippen molar-refractivity contribution in [3.63, 3.8) is 0 Å². The van der Waals surface area contributed by atoms with E-state index in [0.717, 1.165) is 5.56 Å². The summed E-state index contributed by atoms with van der Waals surface area (Å²) in [4.78, 5) is 23.1. The Labute approximate surface area is 145 Å². The molecule has 2 aromatic rings. The van der Waals surface area contributed by atoms with Crippen LogP contribution in [0.25, 0.3) is 0 Å². The molecule has 2 amide bonds. The molecular weight excluding hydrogens is 342 g/mol. The smallest absolute Gasteiger partial charge is 0.240 e. The van der Waals surface area contributed by atoms with Crippen LogP contribution in [0.2, 0.25) is 0 Å². The zero-order valence-corrected chi connectivity index (χ0v) is 14.1. The third-order valence-electron chi connectivity index (χ3n) is 3.72. The van der Waals surface area contributed by atoms with E-state index in [9.17, 15) is 18.0 Å². The molecular formula is C17H17N3O4S. The lowest BCUT2D eigenvalue weighted by Gasteiger charge is -2.11. The average Bonchev–Trinajstić information content (AvgIpc) is 2.71. The molecule has 7 nitrogen and oxygen atoms in total. The number of fused-ring (bicyclic) bond motifs is 1. The molecule has 0 aromatic heterocycles. The molecule has 3 rings (SSSR count). The second kappa shape index (κ2) is 7.04. The summed E-state index contributed by atoms with van der Waals surface area (Å²) in [5.74, 6) is -0.921. The molecule has 3 N–H and O–H groups in total. The second-order valence-electron chi connectivity index (χ2n) is 5.61. The zero-order chi connectivity index (χ0) is 17.9. The molecule has 0 radical (unpaired) electrons. The van der Waals surface area contributed by atoms with Crippen LogP contribution < -0.4 is 15.4 Å². The lowest BCUT2D eigenvalue weighted by molar-refractivity contribution is -0.123. The highest BCUT2D eigenvalue weighted by Crippen LogP contribution is 2.27. The van der Waals surface area contributed by atoms with Gasteiger partial charge in [-0.1, -0.05) is 30.3 Å². The van der Waals surface area contributed by atoms with Gasteiger partial charge in [-0.05, 0) is 30.2 Å². The Kier molecular flexibility index (Phi) is 4.82. The minimum absolute atomic E-state index is 0.0239. The van der Waals surface area contributed by atoms with Crippen LogP contribution in [-0.2, 0) is 26.0 Å². The van der Waals surface area contributed by atoms with Gasteiger partial charge in [0.15, 0.2) is 0 Å². The van der Waals surface area contributed by atoms with E-state index in [1.165, 1.54) is 18.2 Å². The van der Waals surface area contributed by atoms with Gasteiger partial charge in [-0.25, -0.2) is 13.1 Å². The number of hydrogen-bond acceptors (Lipinski definition) is 4. The van der Waals surface area contributed by atoms with Gasteiger partial charge in [0.1, 0.15) is 6.42 Å². The summed E-state index contributed by atoms with van der Waals surface area (Å²) in [6.07, 6.45) is 0.268. The summed E-state index contributed by atoms with van der Waals surface area (Å²) in [7, 11) is -3.72. The number of hydrogen-bond donors (Lipinski definition) is 3. The minimum atomic E-state index is -3.72. The number of carbonyl (C=O) groups excluding carboxylic acids is 2. The molecule has 0 aliphatic carbocycles. The molecule has 0 atom stereocenters. The maximum absolute atomic E-state index is 12.4. The number of amides is 2. The fourth-order valence-corrected chi connectivity index (χ4v) is 3.55. The van der Waals surface area contributed by atoms with E-state index < -0.39 is 21.8 Å². The Balaban J connectivity index is 1.74. The predicted molar refractivity (Wildman–Crippen MR) is 93.7 cm³/mol. The Hall–Kier alpha value is -2.71. The summed E-state index contributed by atoms with van der Waals surface area (Å²) in [6.45, 7) is 0.256. The van der Waals surface area contributed by atoms with Crippen molar-refractivity contribution in [3.8, 4) is 0 Å². The van der Waals surface area contributed by atoms with E-state index in [4.69, 9.17) is 0 Å². The Morgan fingerprint density at radius 1 is 0.920 bits per heavy atom. The number of benzene rings is 2. The van der Waals surface area contributed by atoms with Crippen molar-refractivity contribution in [1.29, 1.82) is 0 Å². The van der Waals surface area contributed by atoms with Crippen LogP contribution in [0.3, 0.4) is 0 Å². The van der Waals surface area contributed by atoms with Gasteiger partial charge in [-0.2, -0.15) is 0 Å². The average molecular weight is 359 g/mol. The monoisotopic (exact) mass is 359 g/mol. The third kappa shape index (κ3) is 4.23. The van der Waals surface area contributed by atoms with Crippen LogP contribution in [0.1, 0.15) is 12.0 Å². The topological polar surface area (TPSA) is 104 Å². The first-order valence-electron chi connectivity index (χ1n) is 7.71. The van der Waals surface area contributed by atoms with Gasteiger partial charge in [-0.3, -0.25) is 9.59 Å².